The van der Waals surface area contributed by atoms with Crippen LogP contribution in [0.2, 0.25) is 0 Å². The van der Waals surface area contributed by atoms with E-state index in [1.807, 2.05) is 0 Å². The van der Waals surface area contributed by atoms with E-state index in [1.165, 1.54) is 17.6 Å². The fourth-order valence-corrected chi connectivity index (χ4v) is 0.287. The second-order valence-corrected chi connectivity index (χ2v) is 1.34. The second kappa shape index (κ2) is 4.46. The monoisotopic (exact) mass is 130 g/mol. The van der Waals surface area contributed by atoms with Crippen molar-refractivity contribution in [1.29, 1.82) is 0 Å². The molecule has 0 rings (SSSR count). The SMILES string of the molecule is O=C(O)C=CC=CS. The summed E-state index contributed by atoms with van der Waals surface area (Å²) in [6, 6.07) is 0. The third-order valence-electron chi connectivity index (χ3n) is 0.436. The van der Waals surface area contributed by atoms with Crippen LogP contribution in [0.25, 0.3) is 0 Å². The van der Waals surface area contributed by atoms with Crippen LogP contribution in [-0.4, -0.2) is 11.1 Å². The highest BCUT2D eigenvalue weighted by Crippen LogP contribution is 1.79. The quantitative estimate of drug-likeness (QED) is 0.333. The minimum atomic E-state index is -0.948. The molecule has 1 N–H and O–H groups in total. The minimum Gasteiger partial charge on any atom is -0.478 e. The van der Waals surface area contributed by atoms with Crippen LogP contribution in [0.15, 0.2) is 23.6 Å². The molecule has 0 aromatic carbocycles. The van der Waals surface area contributed by atoms with Gasteiger partial charge in [-0.25, -0.2) is 4.79 Å². The molecule has 2 nitrogen and oxygen atoms in total. The molecule has 0 radical (unpaired) electrons. The Kier molecular flexibility index (Phi) is 4.07. The van der Waals surface area contributed by atoms with Crippen LogP contribution < -0.4 is 0 Å². The van der Waals surface area contributed by atoms with Crippen LogP contribution in [0.1, 0.15) is 0 Å². The van der Waals surface area contributed by atoms with E-state index in [0.717, 1.165) is 6.08 Å². The lowest BCUT2D eigenvalue weighted by molar-refractivity contribution is -0.131. The highest BCUT2D eigenvalue weighted by molar-refractivity contribution is 7.83. The molecule has 0 unspecified atom stereocenters. The first kappa shape index (κ1) is 7.30. The first-order valence-electron chi connectivity index (χ1n) is 1.97. The van der Waals surface area contributed by atoms with Crippen molar-refractivity contribution in [2.24, 2.45) is 0 Å². The molecule has 0 spiro atoms. The molecule has 0 aliphatic rings. The van der Waals surface area contributed by atoms with Crippen molar-refractivity contribution in [3.63, 3.8) is 0 Å². The molecule has 0 aliphatic heterocycles. The maximum atomic E-state index is 9.73. The van der Waals surface area contributed by atoms with Crippen LogP contribution in [0, 0.1) is 0 Å². The van der Waals surface area contributed by atoms with Crippen LogP contribution in [0.5, 0.6) is 0 Å². The number of aliphatic carboxylic acids is 1. The van der Waals surface area contributed by atoms with Gasteiger partial charge in [0.2, 0.25) is 0 Å². The maximum Gasteiger partial charge on any atom is 0.328 e. The van der Waals surface area contributed by atoms with Crippen LogP contribution in [-0.2, 0) is 4.79 Å². The normalized spacial score (nSPS) is 11.1. The van der Waals surface area contributed by atoms with Crippen molar-refractivity contribution >= 4 is 18.6 Å². The Morgan fingerprint density at radius 2 is 2.12 bits per heavy atom. The van der Waals surface area contributed by atoms with Crippen molar-refractivity contribution in [3.8, 4) is 0 Å². The number of carbonyl (C=O) groups is 1. The predicted molar refractivity (Wildman–Crippen MR) is 34.9 cm³/mol. The zero-order chi connectivity index (χ0) is 6.41. The van der Waals surface area contributed by atoms with E-state index in [1.54, 1.807) is 0 Å². The van der Waals surface area contributed by atoms with Gasteiger partial charge in [0.05, 0.1) is 0 Å². The molecule has 0 aromatic rings. The smallest absolute Gasteiger partial charge is 0.328 e. The van der Waals surface area contributed by atoms with Crippen molar-refractivity contribution in [1.82, 2.24) is 0 Å². The summed E-state index contributed by atoms with van der Waals surface area (Å²) in [4.78, 5) is 9.73. The molecule has 0 aromatic heterocycles. The summed E-state index contributed by atoms with van der Waals surface area (Å²) >= 11 is 3.70. The highest BCUT2D eigenvalue weighted by atomic mass is 32.1. The van der Waals surface area contributed by atoms with E-state index < -0.39 is 5.97 Å². The van der Waals surface area contributed by atoms with Crippen molar-refractivity contribution in [2.75, 3.05) is 0 Å². The lowest BCUT2D eigenvalue weighted by Crippen LogP contribution is -1.83. The highest BCUT2D eigenvalue weighted by Gasteiger charge is 1.78. The van der Waals surface area contributed by atoms with Gasteiger partial charge in [-0.05, 0) is 5.41 Å². The fourth-order valence-electron chi connectivity index (χ4n) is 0.188. The Hall–Kier alpha value is -0.700. The molecule has 0 fully saturated rings. The number of allylic oxidation sites excluding steroid dienone is 2. The van der Waals surface area contributed by atoms with E-state index in [9.17, 15) is 4.79 Å². The van der Waals surface area contributed by atoms with Gasteiger partial charge < -0.3 is 5.11 Å². The molecule has 3 heteroatoms. The molecule has 0 heterocycles. The van der Waals surface area contributed by atoms with Crippen molar-refractivity contribution < 1.29 is 9.90 Å². The van der Waals surface area contributed by atoms with Gasteiger partial charge in [-0.3, -0.25) is 0 Å². The first-order valence-corrected chi connectivity index (χ1v) is 2.49. The number of carboxylic acids is 1. The van der Waals surface area contributed by atoms with Crippen molar-refractivity contribution in [2.45, 2.75) is 0 Å². The molecule has 0 bridgehead atoms. The van der Waals surface area contributed by atoms with Gasteiger partial charge in [-0.1, -0.05) is 12.2 Å². The molecule has 0 aliphatic carbocycles. The van der Waals surface area contributed by atoms with E-state index in [2.05, 4.69) is 12.6 Å². The van der Waals surface area contributed by atoms with E-state index in [4.69, 9.17) is 5.11 Å². The molecule has 8 heavy (non-hydrogen) atoms. The van der Waals surface area contributed by atoms with E-state index in [0.29, 0.717) is 0 Å². The second-order valence-electron chi connectivity index (χ2n) is 1.04. The molecular weight excluding hydrogens is 124 g/mol. The molecule has 0 saturated carbocycles. The summed E-state index contributed by atoms with van der Waals surface area (Å²) in [6.45, 7) is 0. The molecule has 0 atom stereocenters. The van der Waals surface area contributed by atoms with Gasteiger partial charge in [0.1, 0.15) is 0 Å². The van der Waals surface area contributed by atoms with Crippen molar-refractivity contribution in [3.05, 3.63) is 23.6 Å². The molecule has 0 amide bonds. The molecular formula is C5H6O2S. The topological polar surface area (TPSA) is 37.3 Å². The number of thiol groups is 1. The Morgan fingerprint density at radius 1 is 1.50 bits per heavy atom. The van der Waals surface area contributed by atoms with Gasteiger partial charge in [0, 0.05) is 6.08 Å². The van der Waals surface area contributed by atoms with Gasteiger partial charge >= 0.3 is 5.97 Å². The van der Waals surface area contributed by atoms with Crippen LogP contribution in [0.4, 0.5) is 0 Å². The number of hydrogen-bond donors (Lipinski definition) is 2. The van der Waals surface area contributed by atoms with E-state index in [-0.39, 0.29) is 0 Å². The predicted octanol–water partition coefficient (Wildman–Crippen LogP) is 1.07. The third-order valence-corrected chi connectivity index (χ3v) is 0.608. The Labute approximate surface area is 52.9 Å². The number of hydrogen-bond acceptors (Lipinski definition) is 2. The summed E-state index contributed by atoms with van der Waals surface area (Å²) in [6.07, 6.45) is 3.96. The fraction of sp³-hybridized carbons (Fsp3) is 0. The number of rotatable bonds is 2. The Morgan fingerprint density at radius 3 is 2.50 bits per heavy atom. The van der Waals surface area contributed by atoms with Crippen LogP contribution in [0.3, 0.4) is 0 Å². The van der Waals surface area contributed by atoms with E-state index >= 15 is 0 Å². The third kappa shape index (κ3) is 5.30. The van der Waals surface area contributed by atoms with Gasteiger partial charge in [0.25, 0.3) is 0 Å². The minimum absolute atomic E-state index is 0.948. The maximum absolute atomic E-state index is 9.73. The standard InChI is InChI=1S/C5H6O2S/c6-5(7)3-1-2-4-8/h1-4,8H,(H,6,7). The Bertz CT molecular complexity index is 126. The van der Waals surface area contributed by atoms with Gasteiger partial charge in [0.15, 0.2) is 0 Å². The summed E-state index contributed by atoms with van der Waals surface area (Å²) in [7, 11) is 0. The molecule has 0 saturated heterocycles. The largest absolute Gasteiger partial charge is 0.478 e. The Balaban J connectivity index is 3.50. The zero-order valence-electron chi connectivity index (χ0n) is 4.11. The van der Waals surface area contributed by atoms with Gasteiger partial charge in [-0.2, -0.15) is 12.6 Å². The average molecular weight is 130 g/mol. The lowest BCUT2D eigenvalue weighted by atomic mass is 10.5. The molecule has 44 valence electrons. The lowest BCUT2D eigenvalue weighted by Gasteiger charge is -1.71. The zero-order valence-corrected chi connectivity index (χ0v) is 5.01. The number of carboxylic acid groups (broad SMARTS) is 1. The average Bonchev–Trinajstić information content (AvgIpc) is 1.66. The summed E-state index contributed by atoms with van der Waals surface area (Å²) in [5.74, 6) is -0.948. The summed E-state index contributed by atoms with van der Waals surface area (Å²) < 4.78 is 0. The van der Waals surface area contributed by atoms with Gasteiger partial charge in [-0.15, -0.1) is 0 Å². The summed E-state index contributed by atoms with van der Waals surface area (Å²) in [5, 5.41) is 9.45. The first-order chi connectivity index (χ1) is 3.77. The summed E-state index contributed by atoms with van der Waals surface area (Å²) in [5.41, 5.74) is 0. The van der Waals surface area contributed by atoms with Crippen LogP contribution >= 0.6 is 12.6 Å².